The number of ether oxygens (including phenoxy) is 2. The Morgan fingerprint density at radius 1 is 1.00 bits per heavy atom. The van der Waals surface area contributed by atoms with Crippen molar-refractivity contribution in [1.29, 1.82) is 0 Å². The van der Waals surface area contributed by atoms with Gasteiger partial charge in [0.15, 0.2) is 11.5 Å². The van der Waals surface area contributed by atoms with Crippen molar-refractivity contribution in [3.8, 4) is 11.5 Å². The van der Waals surface area contributed by atoms with E-state index in [4.69, 9.17) is 9.47 Å². The molecule has 2 aromatic carbocycles. The van der Waals surface area contributed by atoms with Gasteiger partial charge in [-0.1, -0.05) is 35.9 Å². The fourth-order valence-electron chi connectivity index (χ4n) is 3.63. The Morgan fingerprint density at radius 2 is 1.79 bits per heavy atom. The third kappa shape index (κ3) is 4.54. The minimum atomic E-state index is 0.0603. The molecule has 0 N–H and O–H groups in total. The normalized spacial score (nSPS) is 17.1. The van der Waals surface area contributed by atoms with Gasteiger partial charge in [0.25, 0.3) is 0 Å². The van der Waals surface area contributed by atoms with Gasteiger partial charge in [-0.05, 0) is 36.3 Å². The van der Waals surface area contributed by atoms with Gasteiger partial charge < -0.3 is 14.4 Å². The number of hydrogen-bond donors (Lipinski definition) is 0. The minimum Gasteiger partial charge on any atom is -0.486 e. The maximum Gasteiger partial charge on any atom is 0.246 e. The Kier molecular flexibility index (Phi) is 5.63. The van der Waals surface area contributed by atoms with Crippen LogP contribution in [0.4, 0.5) is 0 Å². The zero-order valence-corrected chi connectivity index (χ0v) is 16.3. The molecule has 4 rings (SSSR count). The summed E-state index contributed by atoms with van der Waals surface area (Å²) in [6.45, 7) is 7.52. The summed E-state index contributed by atoms with van der Waals surface area (Å²) in [5, 5.41) is 0. The monoisotopic (exact) mass is 378 g/mol. The lowest BCUT2D eigenvalue weighted by atomic mass is 10.1. The van der Waals surface area contributed by atoms with Crippen LogP contribution in [0.25, 0.3) is 6.08 Å². The summed E-state index contributed by atoms with van der Waals surface area (Å²) >= 11 is 0. The number of hydrogen-bond acceptors (Lipinski definition) is 4. The largest absolute Gasteiger partial charge is 0.486 e. The van der Waals surface area contributed by atoms with E-state index in [0.717, 1.165) is 49.8 Å². The van der Waals surface area contributed by atoms with Crippen molar-refractivity contribution in [2.75, 3.05) is 39.4 Å². The van der Waals surface area contributed by atoms with Crippen LogP contribution < -0.4 is 9.47 Å². The Balaban J connectivity index is 1.29. The average Bonchev–Trinajstić information content (AvgIpc) is 2.72. The summed E-state index contributed by atoms with van der Waals surface area (Å²) < 4.78 is 11.1. The van der Waals surface area contributed by atoms with Gasteiger partial charge in [-0.2, -0.15) is 0 Å². The fourth-order valence-corrected chi connectivity index (χ4v) is 3.63. The molecule has 0 saturated carbocycles. The van der Waals surface area contributed by atoms with Gasteiger partial charge in [0.05, 0.1) is 0 Å². The molecular formula is C23H26N2O3. The van der Waals surface area contributed by atoms with Crippen LogP contribution in [-0.2, 0) is 11.3 Å². The SMILES string of the molecule is Cc1cccc(CN2CCN(C(=O)/C=C/c3ccc4c(c3)OCCO4)CC2)c1. The van der Waals surface area contributed by atoms with Gasteiger partial charge in [0, 0.05) is 38.8 Å². The fraction of sp³-hybridized carbons (Fsp3) is 0.348. The highest BCUT2D eigenvalue weighted by atomic mass is 16.6. The highest BCUT2D eigenvalue weighted by Gasteiger charge is 2.19. The molecule has 5 heteroatoms. The molecule has 2 aliphatic heterocycles. The van der Waals surface area contributed by atoms with Crippen LogP contribution in [0.3, 0.4) is 0 Å². The van der Waals surface area contributed by atoms with Gasteiger partial charge in [-0.25, -0.2) is 0 Å². The van der Waals surface area contributed by atoms with E-state index >= 15 is 0 Å². The van der Waals surface area contributed by atoms with E-state index in [0.29, 0.717) is 13.2 Å². The summed E-state index contributed by atoms with van der Waals surface area (Å²) in [6, 6.07) is 14.4. The molecular weight excluding hydrogens is 352 g/mol. The molecule has 2 aliphatic rings. The molecule has 0 unspecified atom stereocenters. The molecule has 0 atom stereocenters. The van der Waals surface area contributed by atoms with Crippen LogP contribution in [0.1, 0.15) is 16.7 Å². The Morgan fingerprint density at radius 3 is 2.57 bits per heavy atom. The maximum absolute atomic E-state index is 12.5. The highest BCUT2D eigenvalue weighted by molar-refractivity contribution is 5.92. The van der Waals surface area contributed by atoms with E-state index in [1.54, 1.807) is 6.08 Å². The second-order valence-electron chi connectivity index (χ2n) is 7.33. The predicted octanol–water partition coefficient (Wildman–Crippen LogP) is 3.12. The van der Waals surface area contributed by atoms with Crippen molar-refractivity contribution < 1.29 is 14.3 Å². The third-order valence-corrected chi connectivity index (χ3v) is 5.16. The second kappa shape index (κ2) is 8.48. The lowest BCUT2D eigenvalue weighted by Gasteiger charge is -2.34. The van der Waals surface area contributed by atoms with Crippen molar-refractivity contribution in [2.24, 2.45) is 0 Å². The van der Waals surface area contributed by atoms with Crippen LogP contribution in [0, 0.1) is 6.92 Å². The van der Waals surface area contributed by atoms with Crippen LogP contribution >= 0.6 is 0 Å². The summed E-state index contributed by atoms with van der Waals surface area (Å²) in [6.07, 6.45) is 3.50. The molecule has 0 aromatic heterocycles. The number of aryl methyl sites for hydroxylation is 1. The second-order valence-corrected chi connectivity index (χ2v) is 7.33. The van der Waals surface area contributed by atoms with Gasteiger partial charge in [-0.15, -0.1) is 0 Å². The number of amides is 1. The van der Waals surface area contributed by atoms with Crippen LogP contribution in [-0.4, -0.2) is 55.1 Å². The molecule has 28 heavy (non-hydrogen) atoms. The van der Waals surface area contributed by atoms with E-state index in [-0.39, 0.29) is 5.91 Å². The minimum absolute atomic E-state index is 0.0603. The standard InChI is InChI=1S/C23H26N2O3/c1-18-3-2-4-20(15-18)17-24-9-11-25(12-10-24)23(26)8-6-19-5-7-21-22(16-19)28-14-13-27-21/h2-8,15-16H,9-14,17H2,1H3/b8-6+. The summed E-state index contributed by atoms with van der Waals surface area (Å²) in [5.74, 6) is 1.56. The topological polar surface area (TPSA) is 42.0 Å². The lowest BCUT2D eigenvalue weighted by molar-refractivity contribution is -0.127. The van der Waals surface area contributed by atoms with E-state index in [1.165, 1.54) is 11.1 Å². The van der Waals surface area contributed by atoms with Crippen molar-refractivity contribution >= 4 is 12.0 Å². The van der Waals surface area contributed by atoms with E-state index in [1.807, 2.05) is 29.2 Å². The van der Waals surface area contributed by atoms with Gasteiger partial charge in [0.1, 0.15) is 13.2 Å². The number of carbonyl (C=O) groups is 1. The van der Waals surface area contributed by atoms with E-state index < -0.39 is 0 Å². The Bertz CT molecular complexity index is 870. The van der Waals surface area contributed by atoms with Crippen molar-refractivity contribution in [2.45, 2.75) is 13.5 Å². The zero-order chi connectivity index (χ0) is 19.3. The quantitative estimate of drug-likeness (QED) is 0.767. The molecule has 2 heterocycles. The maximum atomic E-state index is 12.5. The number of benzene rings is 2. The first kappa shape index (κ1) is 18.6. The number of nitrogens with zero attached hydrogens (tertiary/aromatic N) is 2. The zero-order valence-electron chi connectivity index (χ0n) is 16.3. The van der Waals surface area contributed by atoms with Crippen LogP contribution in [0.5, 0.6) is 11.5 Å². The first-order valence-electron chi connectivity index (χ1n) is 9.82. The molecule has 0 bridgehead atoms. The molecule has 0 spiro atoms. The summed E-state index contributed by atoms with van der Waals surface area (Å²) in [7, 11) is 0. The lowest BCUT2D eigenvalue weighted by Crippen LogP contribution is -2.47. The van der Waals surface area contributed by atoms with E-state index in [9.17, 15) is 4.79 Å². The van der Waals surface area contributed by atoms with Crippen LogP contribution in [0.2, 0.25) is 0 Å². The molecule has 1 saturated heterocycles. The molecule has 146 valence electrons. The molecule has 1 fully saturated rings. The number of rotatable bonds is 4. The first-order chi connectivity index (χ1) is 13.7. The average molecular weight is 378 g/mol. The smallest absolute Gasteiger partial charge is 0.246 e. The summed E-state index contributed by atoms with van der Waals surface area (Å²) in [4.78, 5) is 16.9. The van der Waals surface area contributed by atoms with Crippen LogP contribution in [0.15, 0.2) is 48.5 Å². The Hall–Kier alpha value is -2.79. The predicted molar refractivity (Wildman–Crippen MR) is 110 cm³/mol. The molecule has 0 radical (unpaired) electrons. The number of fused-ring (bicyclic) bond motifs is 1. The number of piperazine rings is 1. The highest BCUT2D eigenvalue weighted by Crippen LogP contribution is 2.31. The van der Waals surface area contributed by atoms with Gasteiger partial charge in [0.2, 0.25) is 5.91 Å². The van der Waals surface area contributed by atoms with Crippen molar-refractivity contribution in [3.63, 3.8) is 0 Å². The Labute approximate surface area is 166 Å². The molecule has 0 aliphatic carbocycles. The number of carbonyl (C=O) groups excluding carboxylic acids is 1. The van der Waals surface area contributed by atoms with Crippen molar-refractivity contribution in [1.82, 2.24) is 9.80 Å². The first-order valence-corrected chi connectivity index (χ1v) is 9.82. The van der Waals surface area contributed by atoms with E-state index in [2.05, 4.69) is 36.1 Å². The van der Waals surface area contributed by atoms with Crippen molar-refractivity contribution in [3.05, 3.63) is 65.2 Å². The third-order valence-electron chi connectivity index (χ3n) is 5.16. The molecule has 2 aromatic rings. The molecule has 1 amide bonds. The van der Waals surface area contributed by atoms with Gasteiger partial charge >= 0.3 is 0 Å². The molecule has 5 nitrogen and oxygen atoms in total. The summed E-state index contributed by atoms with van der Waals surface area (Å²) in [5.41, 5.74) is 3.56. The van der Waals surface area contributed by atoms with Gasteiger partial charge in [-0.3, -0.25) is 9.69 Å².